The fourth-order valence-corrected chi connectivity index (χ4v) is 5.98. The molecule has 3 fully saturated rings. The van der Waals surface area contributed by atoms with Gasteiger partial charge in [0.15, 0.2) is 0 Å². The SMILES string of the molecule is CC1C=c2c(=O)[nH]nc(Cc3ccc(F)c(C(=O)N4CC5CN(CC6CC6)CC5C4)c3)c2=CC1. The van der Waals surface area contributed by atoms with Crippen LogP contribution in [0.25, 0.3) is 12.2 Å². The topological polar surface area (TPSA) is 69.3 Å². The Labute approximate surface area is 198 Å². The van der Waals surface area contributed by atoms with Crippen molar-refractivity contribution in [2.75, 3.05) is 32.7 Å². The minimum Gasteiger partial charge on any atom is -0.338 e. The van der Waals surface area contributed by atoms with Crippen molar-refractivity contribution in [1.29, 1.82) is 0 Å². The number of aromatic nitrogens is 2. The number of likely N-dealkylation sites (tertiary alicyclic amines) is 2. The lowest BCUT2D eigenvalue weighted by atomic mass is 9.97. The molecule has 0 bridgehead atoms. The molecule has 2 aliphatic heterocycles. The number of aromatic amines is 1. The highest BCUT2D eigenvalue weighted by atomic mass is 19.1. The molecule has 1 amide bonds. The number of rotatable bonds is 5. The quantitative estimate of drug-likeness (QED) is 0.732. The summed E-state index contributed by atoms with van der Waals surface area (Å²) in [5.41, 5.74) is 1.50. The van der Waals surface area contributed by atoms with Crippen LogP contribution in [0.3, 0.4) is 0 Å². The summed E-state index contributed by atoms with van der Waals surface area (Å²) in [5.74, 6) is 1.49. The van der Waals surface area contributed by atoms with Crippen LogP contribution < -0.4 is 16.0 Å². The van der Waals surface area contributed by atoms with Crippen molar-refractivity contribution in [3.05, 3.63) is 61.6 Å². The minimum absolute atomic E-state index is 0.134. The van der Waals surface area contributed by atoms with E-state index in [-0.39, 0.29) is 17.0 Å². The number of H-pyrrole nitrogens is 1. The molecule has 178 valence electrons. The summed E-state index contributed by atoms with van der Waals surface area (Å²) in [4.78, 5) is 29.9. The van der Waals surface area contributed by atoms with Gasteiger partial charge in [-0.05, 0) is 60.6 Å². The molecule has 1 aromatic heterocycles. The van der Waals surface area contributed by atoms with E-state index in [0.29, 0.717) is 42.5 Å². The Morgan fingerprint density at radius 1 is 1.15 bits per heavy atom. The minimum atomic E-state index is -0.480. The van der Waals surface area contributed by atoms with Gasteiger partial charge < -0.3 is 9.80 Å². The number of hydrogen-bond acceptors (Lipinski definition) is 4. The lowest BCUT2D eigenvalue weighted by Gasteiger charge is -2.22. The standard InChI is InChI=1S/C27H31FN4O2/c1-16-2-6-21-22(8-16)26(33)30-29-25(21)10-18-5-7-24(28)23(9-18)27(34)32-14-19-12-31(11-17-3-4-17)13-20(19)15-32/h5-9,16-17,19-20H,2-4,10-15H2,1H3,(H,30,33). The average Bonchev–Trinajstić information content (AvgIpc) is 3.42. The van der Waals surface area contributed by atoms with Gasteiger partial charge in [-0.1, -0.05) is 25.1 Å². The van der Waals surface area contributed by atoms with Crippen LogP contribution in [-0.4, -0.2) is 58.6 Å². The molecule has 2 aromatic rings. The third-order valence-corrected chi connectivity index (χ3v) is 7.98. The van der Waals surface area contributed by atoms with Gasteiger partial charge in [0.2, 0.25) is 0 Å². The number of amides is 1. The lowest BCUT2D eigenvalue weighted by Crippen LogP contribution is -2.46. The number of nitrogens with one attached hydrogen (secondary N) is 1. The summed E-state index contributed by atoms with van der Waals surface area (Å²) in [5, 5.41) is 8.37. The highest BCUT2D eigenvalue weighted by Gasteiger charge is 2.43. The van der Waals surface area contributed by atoms with Crippen molar-refractivity contribution >= 4 is 18.1 Å². The Kier molecular flexibility index (Phi) is 5.40. The van der Waals surface area contributed by atoms with Gasteiger partial charge >= 0.3 is 0 Å². The first-order valence-corrected chi connectivity index (χ1v) is 12.5. The molecule has 34 heavy (non-hydrogen) atoms. The second-order valence-corrected chi connectivity index (χ2v) is 10.8. The Hall–Kier alpha value is -2.80. The first-order chi connectivity index (χ1) is 16.4. The van der Waals surface area contributed by atoms with Gasteiger partial charge in [-0.15, -0.1) is 0 Å². The first-order valence-electron chi connectivity index (χ1n) is 12.5. The third-order valence-electron chi connectivity index (χ3n) is 7.98. The van der Waals surface area contributed by atoms with Crippen molar-refractivity contribution in [2.24, 2.45) is 23.7 Å². The van der Waals surface area contributed by atoms with Gasteiger partial charge in [0, 0.05) is 49.6 Å². The van der Waals surface area contributed by atoms with E-state index in [0.717, 1.165) is 41.9 Å². The molecule has 6 rings (SSSR count). The third kappa shape index (κ3) is 4.11. The van der Waals surface area contributed by atoms with E-state index in [4.69, 9.17) is 0 Å². The molecule has 1 N–H and O–H groups in total. The predicted octanol–water partition coefficient (Wildman–Crippen LogP) is 1.51. The Balaban J connectivity index is 1.20. The van der Waals surface area contributed by atoms with E-state index < -0.39 is 5.82 Å². The van der Waals surface area contributed by atoms with Crippen molar-refractivity contribution in [1.82, 2.24) is 20.0 Å². The maximum Gasteiger partial charge on any atom is 0.271 e. The predicted molar refractivity (Wildman–Crippen MR) is 128 cm³/mol. The maximum atomic E-state index is 14.8. The molecule has 3 atom stereocenters. The summed E-state index contributed by atoms with van der Waals surface area (Å²) in [6.07, 6.45) is 8.04. The molecule has 4 aliphatic rings. The molecular weight excluding hydrogens is 431 g/mol. The first kappa shape index (κ1) is 21.7. The Morgan fingerprint density at radius 2 is 1.91 bits per heavy atom. The zero-order valence-electron chi connectivity index (χ0n) is 19.6. The van der Waals surface area contributed by atoms with Gasteiger partial charge in [-0.25, -0.2) is 9.49 Å². The second kappa shape index (κ2) is 8.45. The van der Waals surface area contributed by atoms with Crippen molar-refractivity contribution in [3.8, 4) is 0 Å². The average molecular weight is 463 g/mol. The summed E-state index contributed by atoms with van der Waals surface area (Å²) in [7, 11) is 0. The lowest BCUT2D eigenvalue weighted by molar-refractivity contribution is 0.0769. The fourth-order valence-electron chi connectivity index (χ4n) is 5.98. The molecule has 2 saturated heterocycles. The van der Waals surface area contributed by atoms with E-state index in [2.05, 4.69) is 28.1 Å². The number of benzene rings is 1. The summed E-state index contributed by atoms with van der Waals surface area (Å²) < 4.78 is 14.8. The van der Waals surface area contributed by atoms with Crippen LogP contribution in [0.2, 0.25) is 0 Å². The van der Waals surface area contributed by atoms with Crippen LogP contribution in [0.15, 0.2) is 23.0 Å². The van der Waals surface area contributed by atoms with Crippen LogP contribution in [0, 0.1) is 29.5 Å². The molecule has 6 nitrogen and oxygen atoms in total. The van der Waals surface area contributed by atoms with E-state index in [9.17, 15) is 14.0 Å². The van der Waals surface area contributed by atoms with Gasteiger partial charge in [0.05, 0.1) is 11.3 Å². The monoisotopic (exact) mass is 462 g/mol. The van der Waals surface area contributed by atoms with Crippen molar-refractivity contribution in [2.45, 2.75) is 32.6 Å². The molecule has 1 saturated carbocycles. The number of fused-ring (bicyclic) bond motifs is 2. The van der Waals surface area contributed by atoms with Crippen molar-refractivity contribution in [3.63, 3.8) is 0 Å². The van der Waals surface area contributed by atoms with Gasteiger partial charge in [-0.2, -0.15) is 5.10 Å². The van der Waals surface area contributed by atoms with E-state index in [1.807, 2.05) is 11.0 Å². The van der Waals surface area contributed by atoms with Crippen LogP contribution in [0.4, 0.5) is 4.39 Å². The van der Waals surface area contributed by atoms with Crippen LogP contribution in [0.5, 0.6) is 0 Å². The summed E-state index contributed by atoms with van der Waals surface area (Å²) in [6, 6.07) is 4.75. The number of hydrogen-bond donors (Lipinski definition) is 1. The smallest absolute Gasteiger partial charge is 0.271 e. The highest BCUT2D eigenvalue weighted by Crippen LogP contribution is 2.36. The van der Waals surface area contributed by atoms with Crippen LogP contribution in [0.1, 0.15) is 47.8 Å². The highest BCUT2D eigenvalue weighted by molar-refractivity contribution is 5.95. The largest absolute Gasteiger partial charge is 0.338 e. The normalized spacial score (nSPS) is 26.1. The molecule has 2 aliphatic carbocycles. The zero-order chi connectivity index (χ0) is 23.4. The molecule has 0 radical (unpaired) electrons. The molecule has 3 heterocycles. The van der Waals surface area contributed by atoms with Crippen LogP contribution >= 0.6 is 0 Å². The Morgan fingerprint density at radius 3 is 2.65 bits per heavy atom. The van der Waals surface area contributed by atoms with E-state index in [1.165, 1.54) is 25.5 Å². The summed E-state index contributed by atoms with van der Waals surface area (Å²) in [6.45, 7) is 6.83. The molecule has 1 aromatic carbocycles. The number of carbonyl (C=O) groups is 1. The van der Waals surface area contributed by atoms with E-state index >= 15 is 0 Å². The zero-order valence-corrected chi connectivity index (χ0v) is 19.6. The number of nitrogens with zero attached hydrogens (tertiary/aromatic N) is 3. The van der Waals surface area contributed by atoms with Crippen molar-refractivity contribution < 1.29 is 9.18 Å². The molecule has 7 heteroatoms. The number of halogens is 1. The Bertz CT molecular complexity index is 1300. The molecule has 0 spiro atoms. The van der Waals surface area contributed by atoms with Crippen LogP contribution in [-0.2, 0) is 6.42 Å². The summed E-state index contributed by atoms with van der Waals surface area (Å²) >= 11 is 0. The fraction of sp³-hybridized carbons (Fsp3) is 0.519. The maximum absolute atomic E-state index is 14.8. The van der Waals surface area contributed by atoms with Gasteiger partial charge in [0.25, 0.3) is 11.5 Å². The molecule has 3 unspecified atom stereocenters. The van der Waals surface area contributed by atoms with Gasteiger partial charge in [-0.3, -0.25) is 9.59 Å². The second-order valence-electron chi connectivity index (χ2n) is 10.8. The van der Waals surface area contributed by atoms with Gasteiger partial charge in [0.1, 0.15) is 5.82 Å². The molecular formula is C27H31FN4O2. The number of carbonyl (C=O) groups excluding carboxylic acids is 1. The van der Waals surface area contributed by atoms with E-state index in [1.54, 1.807) is 12.1 Å².